The van der Waals surface area contributed by atoms with Crippen LogP contribution in [-0.4, -0.2) is 18.5 Å². The van der Waals surface area contributed by atoms with Crippen molar-refractivity contribution >= 4 is 5.91 Å². The van der Waals surface area contributed by atoms with Gasteiger partial charge in [-0.1, -0.05) is 30.7 Å². The standard InChI is InChI=1S/C15H22N2O/c1-11-7-3-4-8-13(11)12(2)17-15(18)14-9-5-6-10-16-14/h3-4,7-8,12,14,16H,5-6,9-10H2,1-2H3,(H,17,18). The molecule has 98 valence electrons. The second-order valence-corrected chi connectivity index (χ2v) is 5.09. The van der Waals surface area contributed by atoms with Crippen LogP contribution in [0.2, 0.25) is 0 Å². The van der Waals surface area contributed by atoms with Gasteiger partial charge in [-0.3, -0.25) is 4.79 Å². The van der Waals surface area contributed by atoms with Gasteiger partial charge in [0.1, 0.15) is 0 Å². The molecule has 1 aliphatic heterocycles. The second kappa shape index (κ2) is 6.01. The monoisotopic (exact) mass is 246 g/mol. The van der Waals surface area contributed by atoms with Crippen LogP contribution in [0.1, 0.15) is 43.4 Å². The minimum absolute atomic E-state index is 0.00906. The molecule has 0 bridgehead atoms. The predicted molar refractivity (Wildman–Crippen MR) is 73.4 cm³/mol. The molecule has 0 aromatic heterocycles. The van der Waals surface area contributed by atoms with Gasteiger partial charge >= 0.3 is 0 Å². The fourth-order valence-electron chi connectivity index (χ4n) is 2.54. The first-order valence-corrected chi connectivity index (χ1v) is 6.78. The van der Waals surface area contributed by atoms with E-state index in [4.69, 9.17) is 0 Å². The molecule has 1 saturated heterocycles. The van der Waals surface area contributed by atoms with Crippen molar-refractivity contribution in [3.63, 3.8) is 0 Å². The SMILES string of the molecule is Cc1ccccc1C(C)NC(=O)C1CCCCN1. The molecule has 0 aliphatic carbocycles. The van der Waals surface area contributed by atoms with Crippen molar-refractivity contribution in [1.82, 2.24) is 10.6 Å². The summed E-state index contributed by atoms with van der Waals surface area (Å²) >= 11 is 0. The van der Waals surface area contributed by atoms with Crippen LogP contribution in [0.4, 0.5) is 0 Å². The number of carbonyl (C=O) groups is 1. The molecule has 2 unspecified atom stereocenters. The van der Waals surface area contributed by atoms with Gasteiger partial charge in [0.15, 0.2) is 0 Å². The zero-order valence-electron chi connectivity index (χ0n) is 11.2. The molecule has 3 nitrogen and oxygen atoms in total. The fourth-order valence-corrected chi connectivity index (χ4v) is 2.54. The molecule has 1 heterocycles. The molecule has 3 heteroatoms. The third-order valence-corrected chi connectivity index (χ3v) is 3.64. The summed E-state index contributed by atoms with van der Waals surface area (Å²) in [5, 5.41) is 6.38. The van der Waals surface area contributed by atoms with E-state index >= 15 is 0 Å². The molecule has 0 saturated carbocycles. The Bertz CT molecular complexity index is 411. The molecule has 0 spiro atoms. The Morgan fingerprint density at radius 2 is 2.17 bits per heavy atom. The zero-order chi connectivity index (χ0) is 13.0. The van der Waals surface area contributed by atoms with Crippen molar-refractivity contribution in [2.75, 3.05) is 6.54 Å². The molecule has 2 N–H and O–H groups in total. The van der Waals surface area contributed by atoms with Crippen LogP contribution in [-0.2, 0) is 4.79 Å². The van der Waals surface area contributed by atoms with Crippen LogP contribution < -0.4 is 10.6 Å². The molecule has 1 aromatic rings. The maximum atomic E-state index is 12.1. The zero-order valence-corrected chi connectivity index (χ0v) is 11.2. The van der Waals surface area contributed by atoms with Gasteiger partial charge in [0.2, 0.25) is 5.91 Å². The average Bonchev–Trinajstić information content (AvgIpc) is 2.40. The van der Waals surface area contributed by atoms with E-state index in [2.05, 4.69) is 29.7 Å². The van der Waals surface area contributed by atoms with E-state index in [-0.39, 0.29) is 18.0 Å². The van der Waals surface area contributed by atoms with E-state index in [1.165, 1.54) is 17.5 Å². The van der Waals surface area contributed by atoms with E-state index in [0.29, 0.717) is 0 Å². The normalized spacial score (nSPS) is 21.3. The molecule has 1 aliphatic rings. The Balaban J connectivity index is 1.96. The summed E-state index contributed by atoms with van der Waals surface area (Å²) in [6, 6.07) is 8.26. The minimum Gasteiger partial charge on any atom is -0.348 e. The molecule has 2 atom stereocenters. The number of rotatable bonds is 3. The maximum Gasteiger partial charge on any atom is 0.237 e. The largest absolute Gasteiger partial charge is 0.348 e. The predicted octanol–water partition coefficient (Wildman–Crippen LogP) is 2.31. The lowest BCUT2D eigenvalue weighted by molar-refractivity contribution is -0.124. The van der Waals surface area contributed by atoms with Crippen molar-refractivity contribution in [1.29, 1.82) is 0 Å². The lowest BCUT2D eigenvalue weighted by Gasteiger charge is -2.25. The van der Waals surface area contributed by atoms with Crippen LogP contribution in [0, 0.1) is 6.92 Å². The van der Waals surface area contributed by atoms with E-state index in [1.807, 2.05) is 19.1 Å². The highest BCUT2D eigenvalue weighted by Crippen LogP contribution is 2.17. The first-order valence-electron chi connectivity index (χ1n) is 6.78. The van der Waals surface area contributed by atoms with E-state index in [1.54, 1.807) is 0 Å². The Kier molecular flexibility index (Phi) is 4.37. The van der Waals surface area contributed by atoms with Crippen molar-refractivity contribution in [2.45, 2.75) is 45.2 Å². The molecular weight excluding hydrogens is 224 g/mol. The van der Waals surface area contributed by atoms with Gasteiger partial charge in [-0.05, 0) is 44.4 Å². The highest BCUT2D eigenvalue weighted by molar-refractivity contribution is 5.82. The third kappa shape index (κ3) is 3.10. The number of benzene rings is 1. The average molecular weight is 246 g/mol. The number of piperidine rings is 1. The summed E-state index contributed by atoms with van der Waals surface area (Å²) in [5.74, 6) is 0.130. The first kappa shape index (κ1) is 13.1. The fraction of sp³-hybridized carbons (Fsp3) is 0.533. The van der Waals surface area contributed by atoms with Crippen molar-refractivity contribution in [3.05, 3.63) is 35.4 Å². The van der Waals surface area contributed by atoms with Gasteiger partial charge in [-0.25, -0.2) is 0 Å². The summed E-state index contributed by atoms with van der Waals surface area (Å²) in [6.45, 7) is 5.08. The Morgan fingerprint density at radius 1 is 1.39 bits per heavy atom. The molecule has 1 amide bonds. The lowest BCUT2D eigenvalue weighted by atomic mass is 10.0. The lowest BCUT2D eigenvalue weighted by Crippen LogP contribution is -2.47. The van der Waals surface area contributed by atoms with Gasteiger partial charge in [0, 0.05) is 0 Å². The van der Waals surface area contributed by atoms with Crippen LogP contribution in [0.15, 0.2) is 24.3 Å². The number of hydrogen-bond donors (Lipinski definition) is 2. The summed E-state index contributed by atoms with van der Waals surface area (Å²) in [5.41, 5.74) is 2.42. The molecule has 18 heavy (non-hydrogen) atoms. The Labute approximate surface area is 109 Å². The number of amides is 1. The summed E-state index contributed by atoms with van der Waals surface area (Å²) in [7, 11) is 0. The van der Waals surface area contributed by atoms with Crippen molar-refractivity contribution < 1.29 is 4.79 Å². The van der Waals surface area contributed by atoms with E-state index in [9.17, 15) is 4.79 Å². The molecule has 0 radical (unpaired) electrons. The van der Waals surface area contributed by atoms with E-state index < -0.39 is 0 Å². The molecule has 1 fully saturated rings. The van der Waals surface area contributed by atoms with Gasteiger partial charge in [-0.15, -0.1) is 0 Å². The topological polar surface area (TPSA) is 41.1 Å². The third-order valence-electron chi connectivity index (χ3n) is 3.64. The van der Waals surface area contributed by atoms with Gasteiger partial charge in [-0.2, -0.15) is 0 Å². The van der Waals surface area contributed by atoms with Gasteiger partial charge < -0.3 is 10.6 Å². The number of aryl methyl sites for hydroxylation is 1. The molecule has 1 aromatic carbocycles. The number of nitrogens with one attached hydrogen (secondary N) is 2. The first-order chi connectivity index (χ1) is 8.68. The minimum atomic E-state index is -0.00906. The van der Waals surface area contributed by atoms with Gasteiger partial charge in [0.05, 0.1) is 12.1 Å². The Hall–Kier alpha value is -1.35. The van der Waals surface area contributed by atoms with E-state index in [0.717, 1.165) is 19.4 Å². The molecular formula is C15H22N2O. The summed E-state index contributed by atoms with van der Waals surface area (Å²) < 4.78 is 0. The second-order valence-electron chi connectivity index (χ2n) is 5.09. The smallest absolute Gasteiger partial charge is 0.237 e. The summed E-state index contributed by atoms with van der Waals surface area (Å²) in [6.07, 6.45) is 3.27. The maximum absolute atomic E-state index is 12.1. The number of carbonyl (C=O) groups excluding carboxylic acids is 1. The quantitative estimate of drug-likeness (QED) is 0.859. The van der Waals surface area contributed by atoms with Crippen molar-refractivity contribution in [3.8, 4) is 0 Å². The van der Waals surface area contributed by atoms with Crippen LogP contribution in [0.5, 0.6) is 0 Å². The summed E-state index contributed by atoms with van der Waals surface area (Å²) in [4.78, 5) is 12.1. The van der Waals surface area contributed by atoms with Crippen LogP contribution >= 0.6 is 0 Å². The van der Waals surface area contributed by atoms with Crippen LogP contribution in [0.25, 0.3) is 0 Å². The number of hydrogen-bond acceptors (Lipinski definition) is 2. The molecule has 2 rings (SSSR count). The van der Waals surface area contributed by atoms with Crippen LogP contribution in [0.3, 0.4) is 0 Å². The van der Waals surface area contributed by atoms with Gasteiger partial charge in [0.25, 0.3) is 0 Å². The highest BCUT2D eigenvalue weighted by atomic mass is 16.2. The Morgan fingerprint density at radius 3 is 2.83 bits per heavy atom. The van der Waals surface area contributed by atoms with Crippen molar-refractivity contribution in [2.24, 2.45) is 0 Å². The highest BCUT2D eigenvalue weighted by Gasteiger charge is 2.22.